The average Bonchev–Trinajstić information content (AvgIpc) is 3.19. The lowest BCUT2D eigenvalue weighted by atomic mass is 9.85. The van der Waals surface area contributed by atoms with Crippen LogP contribution in [0.15, 0.2) is 47.3 Å². The highest BCUT2D eigenvalue weighted by molar-refractivity contribution is 5.94. The van der Waals surface area contributed by atoms with Crippen LogP contribution in [-0.2, 0) is 20.8 Å². The Morgan fingerprint density at radius 1 is 1.16 bits per heavy atom. The van der Waals surface area contributed by atoms with E-state index in [-0.39, 0.29) is 25.0 Å². The number of hydrogen-bond acceptors (Lipinski definition) is 9. The summed E-state index contributed by atoms with van der Waals surface area (Å²) in [6.07, 6.45) is 3.30. The van der Waals surface area contributed by atoms with E-state index >= 15 is 0 Å². The smallest absolute Gasteiger partial charge is 0.347 e. The predicted molar refractivity (Wildman–Crippen MR) is 161 cm³/mol. The van der Waals surface area contributed by atoms with Crippen molar-refractivity contribution in [2.45, 2.75) is 39.2 Å². The highest BCUT2D eigenvalue weighted by Crippen LogP contribution is 2.47. The molecule has 3 aromatic rings. The second-order valence-corrected chi connectivity index (χ2v) is 10.9. The normalized spacial score (nSPS) is 16.0. The second kappa shape index (κ2) is 13.4. The zero-order valence-electron chi connectivity index (χ0n) is 25.1. The van der Waals surface area contributed by atoms with Gasteiger partial charge in [0.15, 0.2) is 11.3 Å². The molecule has 10 heteroatoms. The summed E-state index contributed by atoms with van der Waals surface area (Å²) in [6, 6.07) is 11.3. The molecule has 1 aromatic carbocycles. The van der Waals surface area contributed by atoms with E-state index < -0.39 is 22.8 Å². The molecule has 0 saturated carbocycles. The summed E-state index contributed by atoms with van der Waals surface area (Å²) in [6.45, 7) is 6.30. The number of aromatic hydroxyl groups is 1. The number of carbonyl (C=O) groups excluding carboxylic acids is 1. The Balaban J connectivity index is 1.82. The van der Waals surface area contributed by atoms with E-state index in [1.807, 2.05) is 56.3 Å². The number of carbonyl (C=O) groups is 1. The van der Waals surface area contributed by atoms with Crippen LogP contribution in [-0.4, -0.2) is 67.9 Å². The molecule has 43 heavy (non-hydrogen) atoms. The fraction of sp³-hybridized carbons (Fsp3) is 0.424. The zero-order valence-corrected chi connectivity index (χ0v) is 25.1. The lowest BCUT2D eigenvalue weighted by Crippen LogP contribution is -2.31. The molecule has 10 nitrogen and oxygen atoms in total. The van der Waals surface area contributed by atoms with Crippen molar-refractivity contribution in [1.29, 1.82) is 0 Å². The minimum Gasteiger partial charge on any atom is -0.506 e. The molecule has 1 unspecified atom stereocenters. The molecule has 0 bridgehead atoms. The van der Waals surface area contributed by atoms with Crippen LogP contribution >= 0.6 is 0 Å². The van der Waals surface area contributed by atoms with Crippen LogP contribution in [0.3, 0.4) is 0 Å². The van der Waals surface area contributed by atoms with Crippen molar-refractivity contribution >= 4 is 11.5 Å². The van der Waals surface area contributed by atoms with Crippen molar-refractivity contribution in [3.05, 3.63) is 75.2 Å². The molecule has 2 aliphatic rings. The number of benzene rings is 1. The number of fused-ring (bicyclic) bond motifs is 3. The van der Waals surface area contributed by atoms with Gasteiger partial charge in [-0.25, -0.2) is 9.78 Å². The van der Waals surface area contributed by atoms with Gasteiger partial charge in [0, 0.05) is 37.7 Å². The summed E-state index contributed by atoms with van der Waals surface area (Å²) in [7, 11) is 2.84. The maximum absolute atomic E-state index is 14.1. The fourth-order valence-corrected chi connectivity index (χ4v) is 5.55. The van der Waals surface area contributed by atoms with Gasteiger partial charge in [0.05, 0.1) is 45.8 Å². The quantitative estimate of drug-likeness (QED) is 0.262. The maximum Gasteiger partial charge on any atom is 0.347 e. The molecule has 0 amide bonds. The topological polar surface area (TPSA) is 118 Å². The molecule has 0 radical (unpaired) electrons. The second-order valence-electron chi connectivity index (χ2n) is 10.9. The first-order valence-electron chi connectivity index (χ1n) is 14.5. The summed E-state index contributed by atoms with van der Waals surface area (Å²) in [5, 5.41) is 11.7. The van der Waals surface area contributed by atoms with Crippen LogP contribution in [0, 0.1) is 5.92 Å². The van der Waals surface area contributed by atoms with Crippen LogP contribution in [0.4, 0.5) is 0 Å². The van der Waals surface area contributed by atoms with Crippen LogP contribution in [0.25, 0.3) is 17.0 Å². The highest BCUT2D eigenvalue weighted by Gasteiger charge is 2.37. The van der Waals surface area contributed by atoms with Gasteiger partial charge in [-0.2, -0.15) is 0 Å². The van der Waals surface area contributed by atoms with Gasteiger partial charge >= 0.3 is 5.97 Å². The Bertz CT molecular complexity index is 1560. The van der Waals surface area contributed by atoms with Crippen molar-refractivity contribution in [2.75, 3.05) is 47.3 Å². The number of nitrogens with zero attached hydrogens (tertiary/aromatic N) is 2. The van der Waals surface area contributed by atoms with E-state index in [4.69, 9.17) is 28.7 Å². The maximum atomic E-state index is 14.1. The first-order chi connectivity index (χ1) is 20.8. The minimum atomic E-state index is -0.902. The molecule has 5 rings (SSSR count). The molecule has 1 atom stereocenters. The first-order valence-corrected chi connectivity index (χ1v) is 14.5. The largest absolute Gasteiger partial charge is 0.506 e. The summed E-state index contributed by atoms with van der Waals surface area (Å²) in [5.41, 5.74) is 2.56. The zero-order chi connectivity index (χ0) is 30.5. The Kier molecular flexibility index (Phi) is 9.47. The van der Waals surface area contributed by atoms with Crippen LogP contribution in [0.2, 0.25) is 0 Å². The summed E-state index contributed by atoms with van der Waals surface area (Å²) < 4.78 is 29.8. The van der Waals surface area contributed by atoms with Crippen molar-refractivity contribution in [3.63, 3.8) is 0 Å². The van der Waals surface area contributed by atoms with E-state index in [9.17, 15) is 14.7 Å². The number of pyridine rings is 2. The van der Waals surface area contributed by atoms with Crippen molar-refractivity contribution < 1.29 is 33.6 Å². The van der Waals surface area contributed by atoms with Gasteiger partial charge in [-0.15, -0.1) is 0 Å². The molecule has 1 N–H and O–H groups in total. The third-order valence-corrected chi connectivity index (χ3v) is 7.84. The van der Waals surface area contributed by atoms with E-state index in [2.05, 4.69) is 0 Å². The molecule has 228 valence electrons. The lowest BCUT2D eigenvalue weighted by molar-refractivity contribution is 0.0594. The summed E-state index contributed by atoms with van der Waals surface area (Å²) in [4.78, 5) is 32.1. The summed E-state index contributed by atoms with van der Waals surface area (Å²) >= 11 is 0. The fourth-order valence-electron chi connectivity index (χ4n) is 5.55. The van der Waals surface area contributed by atoms with Gasteiger partial charge in [-0.3, -0.25) is 4.79 Å². The molecular weight excluding hydrogens is 552 g/mol. The molecule has 2 aliphatic heterocycles. The highest BCUT2D eigenvalue weighted by atomic mass is 16.5. The van der Waals surface area contributed by atoms with Crippen LogP contribution < -0.4 is 15.0 Å². The van der Waals surface area contributed by atoms with Crippen LogP contribution in [0.5, 0.6) is 17.2 Å². The number of esters is 1. The van der Waals surface area contributed by atoms with Crippen molar-refractivity contribution in [1.82, 2.24) is 9.55 Å². The molecule has 0 spiro atoms. The monoisotopic (exact) mass is 590 g/mol. The van der Waals surface area contributed by atoms with Gasteiger partial charge in [0.2, 0.25) is 0 Å². The number of rotatable bonds is 10. The summed E-state index contributed by atoms with van der Waals surface area (Å²) in [5.74, 6) is -0.712. The molecular formula is C33H38N2O8. The van der Waals surface area contributed by atoms with Gasteiger partial charge < -0.3 is 33.4 Å². The Hall–Kier alpha value is -4.15. The molecule has 2 aromatic heterocycles. The molecule has 0 fully saturated rings. The number of aromatic nitrogens is 2. The first kappa shape index (κ1) is 30.3. The molecule has 0 saturated heterocycles. The van der Waals surface area contributed by atoms with Crippen molar-refractivity contribution in [2.24, 2.45) is 5.92 Å². The third kappa shape index (κ3) is 6.16. The van der Waals surface area contributed by atoms with Crippen molar-refractivity contribution in [3.8, 4) is 28.6 Å². The molecule has 0 aliphatic carbocycles. The number of ether oxygens (including phenoxy) is 5. The molecule has 4 heterocycles. The lowest BCUT2D eigenvalue weighted by Gasteiger charge is -2.25. The van der Waals surface area contributed by atoms with Gasteiger partial charge in [-0.05, 0) is 23.5 Å². The van der Waals surface area contributed by atoms with E-state index in [1.165, 1.54) is 11.7 Å². The van der Waals surface area contributed by atoms with E-state index in [1.54, 1.807) is 7.11 Å². The standard InChI is InChI=1S/C33H38N2O8/c1-20(2)23-19-43-25-17-24(42-14-8-13-39-3)28(22-11-15-41-16-12-22)34-29(25)30-26(23)31(36)27(33(38)40-4)32(37)35(30)18-21-9-6-5-7-10-21/h5-7,9-11,17,20,23,36H,8,12-16,18-19H2,1-4H3. The predicted octanol–water partition coefficient (Wildman–Crippen LogP) is 4.80. The Labute approximate surface area is 250 Å². The number of hydrogen-bond donors (Lipinski definition) is 1. The minimum absolute atomic E-state index is 0.0189. The van der Waals surface area contributed by atoms with E-state index in [0.29, 0.717) is 73.4 Å². The Morgan fingerprint density at radius 3 is 2.63 bits per heavy atom. The van der Waals surface area contributed by atoms with Gasteiger partial charge in [0.25, 0.3) is 5.56 Å². The van der Waals surface area contributed by atoms with E-state index in [0.717, 1.165) is 11.1 Å². The van der Waals surface area contributed by atoms with Gasteiger partial charge in [0.1, 0.15) is 22.9 Å². The third-order valence-electron chi connectivity index (χ3n) is 7.84. The number of methoxy groups -OCH3 is 2. The average molecular weight is 591 g/mol. The van der Waals surface area contributed by atoms with Gasteiger partial charge in [-0.1, -0.05) is 50.3 Å². The SMILES string of the molecule is COCCCOc1cc2c(nc1C1=CCOCC1)-c1c(c(O)c(C(=O)OC)c(=O)n1Cc1ccccc1)C(C(C)C)CO2. The van der Waals surface area contributed by atoms with Crippen LogP contribution in [0.1, 0.15) is 59.8 Å². The Morgan fingerprint density at radius 2 is 1.95 bits per heavy atom.